The van der Waals surface area contributed by atoms with Gasteiger partial charge in [-0.05, 0) is 31.2 Å². The highest BCUT2D eigenvalue weighted by Crippen LogP contribution is 2.28. The second-order valence-electron chi connectivity index (χ2n) is 2.42. The number of rotatable bonds is 0. The van der Waals surface area contributed by atoms with Crippen LogP contribution in [0.25, 0.3) is 0 Å². The van der Waals surface area contributed by atoms with Gasteiger partial charge in [-0.15, -0.1) is 0 Å². The highest BCUT2D eigenvalue weighted by molar-refractivity contribution is 7.96. The van der Waals surface area contributed by atoms with Gasteiger partial charge < -0.3 is 3.87 Å². The summed E-state index contributed by atoms with van der Waals surface area (Å²) in [5, 5.41) is 0. The fourth-order valence-corrected chi connectivity index (χ4v) is 4.77. The topological polar surface area (TPSA) is 9.23 Å². The van der Waals surface area contributed by atoms with Crippen molar-refractivity contribution in [1.82, 2.24) is 0 Å². The molecule has 42 valence electrons. The Morgan fingerprint density at radius 1 is 1.57 bits per heavy atom. The Morgan fingerprint density at radius 2 is 2.29 bits per heavy atom. The molecule has 0 aromatic carbocycles. The molecule has 0 aliphatic carbocycles. The molecule has 3 heteroatoms. The lowest BCUT2D eigenvalue weighted by atomic mass is 11.0. The first kappa shape index (κ1) is 5.66. The summed E-state index contributed by atoms with van der Waals surface area (Å²) >= 11 is 1.64. The largest absolute Gasteiger partial charge is 0.357 e. The molecule has 0 aromatic heterocycles. The van der Waals surface area contributed by atoms with Crippen LogP contribution < -0.4 is 0 Å². The predicted octanol–water partition coefficient (Wildman–Crippen LogP) is 1.87. The van der Waals surface area contributed by atoms with E-state index in [0.717, 1.165) is 0 Å². The van der Waals surface area contributed by atoms with Crippen LogP contribution in [-0.2, 0) is 3.87 Å². The van der Waals surface area contributed by atoms with Crippen LogP contribution >= 0.6 is 12.0 Å². The first-order valence-corrected chi connectivity index (χ1v) is 6.54. The molecule has 1 fully saturated rings. The minimum Gasteiger partial charge on any atom is -0.357 e. The molecule has 0 atom stereocenters. The Kier molecular flexibility index (Phi) is 1.45. The van der Waals surface area contributed by atoms with Crippen LogP contribution in [0.2, 0.25) is 19.1 Å². The minimum absolute atomic E-state index is 1.08. The molecule has 0 radical (unpaired) electrons. The van der Waals surface area contributed by atoms with Crippen molar-refractivity contribution in [3.8, 4) is 0 Å². The molecule has 1 heterocycles. The third-order valence-electron chi connectivity index (χ3n) is 1.07. The molecule has 1 saturated heterocycles. The molecule has 0 bridgehead atoms. The van der Waals surface area contributed by atoms with Crippen molar-refractivity contribution in [3.05, 3.63) is 0 Å². The average molecular weight is 134 g/mol. The van der Waals surface area contributed by atoms with Gasteiger partial charge >= 0.3 is 0 Å². The Balaban J connectivity index is 2.40. The van der Waals surface area contributed by atoms with E-state index in [2.05, 4.69) is 13.1 Å². The maximum absolute atomic E-state index is 5.40. The van der Waals surface area contributed by atoms with Gasteiger partial charge in [-0.3, -0.25) is 0 Å². The quantitative estimate of drug-likeness (QED) is 0.369. The third-order valence-corrected chi connectivity index (χ3v) is 5.54. The van der Waals surface area contributed by atoms with E-state index in [4.69, 9.17) is 3.87 Å². The maximum atomic E-state index is 5.40. The van der Waals surface area contributed by atoms with E-state index in [1.165, 1.54) is 11.8 Å². The normalized spacial score (nSPS) is 28.3. The van der Waals surface area contributed by atoms with E-state index in [0.29, 0.717) is 0 Å². The lowest BCUT2D eigenvalue weighted by Gasteiger charge is -2.08. The van der Waals surface area contributed by atoms with Crippen LogP contribution in [0.4, 0.5) is 0 Å². The molecule has 1 rings (SSSR count). The zero-order valence-electron chi connectivity index (χ0n) is 4.73. The van der Waals surface area contributed by atoms with E-state index >= 15 is 0 Å². The van der Waals surface area contributed by atoms with Crippen LogP contribution in [0.5, 0.6) is 0 Å². The van der Waals surface area contributed by atoms with Gasteiger partial charge in [-0.25, -0.2) is 0 Å². The van der Waals surface area contributed by atoms with Gasteiger partial charge in [0.2, 0.25) is 8.32 Å². The molecular weight excluding hydrogens is 124 g/mol. The second kappa shape index (κ2) is 1.80. The number of hydrogen-bond donors (Lipinski definition) is 0. The Hall–Kier alpha value is 0.527. The summed E-state index contributed by atoms with van der Waals surface area (Å²) in [6.07, 6.45) is 0. The van der Waals surface area contributed by atoms with Gasteiger partial charge in [0.1, 0.15) is 0 Å². The van der Waals surface area contributed by atoms with Crippen LogP contribution in [0.15, 0.2) is 0 Å². The predicted molar refractivity (Wildman–Crippen MR) is 35.8 cm³/mol. The first-order valence-electron chi connectivity index (χ1n) is 2.51. The second-order valence-corrected chi connectivity index (χ2v) is 7.75. The lowest BCUT2D eigenvalue weighted by Crippen LogP contribution is -2.21. The molecule has 0 spiro atoms. The summed E-state index contributed by atoms with van der Waals surface area (Å²) in [6.45, 7) is 4.51. The summed E-state index contributed by atoms with van der Waals surface area (Å²) in [5.74, 6) is 1.22. The van der Waals surface area contributed by atoms with Crippen molar-refractivity contribution in [2.75, 3.05) is 5.75 Å². The van der Waals surface area contributed by atoms with E-state index in [1.807, 2.05) is 0 Å². The number of hydrogen-bond acceptors (Lipinski definition) is 2. The van der Waals surface area contributed by atoms with Gasteiger partial charge in [0.05, 0.1) is 0 Å². The van der Waals surface area contributed by atoms with Gasteiger partial charge in [0.25, 0.3) is 0 Å². The standard InChI is InChI=1S/C4H10OSSi/c1-7(2)4-3-6-5-7/h3-4H2,1-2H3. The van der Waals surface area contributed by atoms with Crippen LogP contribution in [0.3, 0.4) is 0 Å². The van der Waals surface area contributed by atoms with Crippen LogP contribution in [0.1, 0.15) is 0 Å². The summed E-state index contributed by atoms with van der Waals surface area (Å²) in [7, 11) is -1.08. The zero-order valence-corrected chi connectivity index (χ0v) is 6.55. The summed E-state index contributed by atoms with van der Waals surface area (Å²) in [6, 6.07) is 1.33. The molecule has 0 N–H and O–H groups in total. The molecule has 1 aliphatic rings. The molecule has 0 aromatic rings. The fraction of sp³-hybridized carbons (Fsp3) is 1.00. The lowest BCUT2D eigenvalue weighted by molar-refractivity contribution is 0.665. The molecule has 0 unspecified atom stereocenters. The van der Waals surface area contributed by atoms with E-state index in [9.17, 15) is 0 Å². The molecule has 1 nitrogen and oxygen atoms in total. The van der Waals surface area contributed by atoms with Crippen molar-refractivity contribution >= 4 is 20.4 Å². The summed E-state index contributed by atoms with van der Waals surface area (Å²) in [5.41, 5.74) is 0. The van der Waals surface area contributed by atoms with Gasteiger partial charge in [-0.2, -0.15) is 0 Å². The van der Waals surface area contributed by atoms with Crippen molar-refractivity contribution in [3.63, 3.8) is 0 Å². The van der Waals surface area contributed by atoms with E-state index in [1.54, 1.807) is 12.0 Å². The van der Waals surface area contributed by atoms with Crippen molar-refractivity contribution in [2.45, 2.75) is 19.1 Å². The monoisotopic (exact) mass is 134 g/mol. The average Bonchev–Trinajstić information content (AvgIpc) is 1.84. The fourth-order valence-electron chi connectivity index (χ4n) is 0.530. The van der Waals surface area contributed by atoms with Crippen LogP contribution in [0, 0.1) is 0 Å². The molecule has 0 saturated carbocycles. The minimum atomic E-state index is -1.08. The van der Waals surface area contributed by atoms with Gasteiger partial charge in [0.15, 0.2) is 0 Å². The first-order chi connectivity index (χ1) is 3.21. The summed E-state index contributed by atoms with van der Waals surface area (Å²) in [4.78, 5) is 0. The van der Waals surface area contributed by atoms with E-state index in [-0.39, 0.29) is 0 Å². The Morgan fingerprint density at radius 3 is 2.43 bits per heavy atom. The van der Waals surface area contributed by atoms with Crippen molar-refractivity contribution < 1.29 is 3.87 Å². The molecule has 7 heavy (non-hydrogen) atoms. The third kappa shape index (κ3) is 1.47. The molecular formula is C4H10OSSi. The van der Waals surface area contributed by atoms with E-state index < -0.39 is 8.32 Å². The highest BCUT2D eigenvalue weighted by atomic mass is 32.2. The Labute approximate surface area is 49.8 Å². The molecule has 1 aliphatic heterocycles. The van der Waals surface area contributed by atoms with Crippen LogP contribution in [-0.4, -0.2) is 14.1 Å². The Bertz CT molecular complexity index is 66.1. The highest BCUT2D eigenvalue weighted by Gasteiger charge is 2.28. The summed E-state index contributed by atoms with van der Waals surface area (Å²) < 4.78 is 5.40. The van der Waals surface area contributed by atoms with Gasteiger partial charge in [0, 0.05) is 5.75 Å². The SMILES string of the molecule is C[Si]1(C)CCSO1. The van der Waals surface area contributed by atoms with Crippen molar-refractivity contribution in [1.29, 1.82) is 0 Å². The zero-order chi connectivity index (χ0) is 5.33. The smallest absolute Gasteiger partial charge is 0.206 e. The van der Waals surface area contributed by atoms with Gasteiger partial charge in [-0.1, -0.05) is 0 Å². The maximum Gasteiger partial charge on any atom is 0.206 e. The van der Waals surface area contributed by atoms with Crippen molar-refractivity contribution in [2.24, 2.45) is 0 Å². The molecule has 0 amide bonds.